The molecule has 0 aliphatic heterocycles. The number of amides is 1. The van der Waals surface area contributed by atoms with Gasteiger partial charge in [0.05, 0.1) is 10.7 Å². The van der Waals surface area contributed by atoms with Crippen molar-refractivity contribution in [2.75, 3.05) is 6.61 Å². The topological polar surface area (TPSA) is 84.9 Å². The van der Waals surface area contributed by atoms with Crippen LogP contribution in [0.4, 0.5) is 0 Å². The fourth-order valence-electron chi connectivity index (χ4n) is 0.930. The van der Waals surface area contributed by atoms with E-state index in [9.17, 15) is 4.79 Å². The smallest absolute Gasteiger partial charge is 0.255 e. The van der Waals surface area contributed by atoms with E-state index in [1.165, 1.54) is 6.21 Å². The molecule has 1 aromatic carbocycles. The summed E-state index contributed by atoms with van der Waals surface area (Å²) in [5.41, 5.74) is 5.64. The van der Waals surface area contributed by atoms with E-state index in [0.29, 0.717) is 15.8 Å². The molecule has 0 spiro atoms. The Morgan fingerprint density at radius 3 is 2.93 bits per heavy atom. The second kappa shape index (κ2) is 5.35. The lowest BCUT2D eigenvalue weighted by Crippen LogP contribution is -2.20. The van der Waals surface area contributed by atoms with E-state index < -0.39 is 5.91 Å². The predicted molar refractivity (Wildman–Crippen MR) is 58.2 cm³/mol. The average molecular weight is 273 g/mol. The third kappa shape index (κ3) is 3.59. The summed E-state index contributed by atoms with van der Waals surface area (Å²) in [5, 5.41) is 11.2. The van der Waals surface area contributed by atoms with Crippen molar-refractivity contribution in [1.29, 1.82) is 0 Å². The summed E-state index contributed by atoms with van der Waals surface area (Å²) < 4.78 is 5.76. The van der Waals surface area contributed by atoms with Gasteiger partial charge in [-0.2, -0.15) is 0 Å². The zero-order chi connectivity index (χ0) is 11.3. The maximum atomic E-state index is 10.5. The van der Waals surface area contributed by atoms with Crippen molar-refractivity contribution in [2.24, 2.45) is 10.9 Å². The van der Waals surface area contributed by atoms with Crippen LogP contribution in [0.15, 0.2) is 27.8 Å². The van der Waals surface area contributed by atoms with Crippen molar-refractivity contribution in [1.82, 2.24) is 0 Å². The van der Waals surface area contributed by atoms with Crippen molar-refractivity contribution in [3.05, 3.63) is 28.2 Å². The minimum Gasteiger partial charge on any atom is -0.483 e. The van der Waals surface area contributed by atoms with Crippen LogP contribution in [0.25, 0.3) is 0 Å². The van der Waals surface area contributed by atoms with Crippen LogP contribution in [0.1, 0.15) is 5.56 Å². The van der Waals surface area contributed by atoms with Gasteiger partial charge in [0.1, 0.15) is 5.75 Å². The van der Waals surface area contributed by atoms with Crippen molar-refractivity contribution >= 4 is 28.1 Å². The van der Waals surface area contributed by atoms with Crippen molar-refractivity contribution < 1.29 is 14.7 Å². The molecule has 0 unspecified atom stereocenters. The van der Waals surface area contributed by atoms with Crippen molar-refractivity contribution in [3.8, 4) is 5.75 Å². The van der Waals surface area contributed by atoms with Crippen LogP contribution in [-0.4, -0.2) is 23.9 Å². The number of hydrogen-bond donors (Lipinski definition) is 2. The number of primary amides is 1. The number of benzene rings is 1. The zero-order valence-corrected chi connectivity index (χ0v) is 9.27. The molecule has 5 nitrogen and oxygen atoms in total. The molecule has 80 valence electrons. The number of oxime groups is 1. The molecule has 1 amide bonds. The molecule has 0 heterocycles. The molecule has 1 aromatic rings. The number of carbonyl (C=O) groups excluding carboxylic acids is 1. The van der Waals surface area contributed by atoms with Crippen LogP contribution in [0.5, 0.6) is 5.75 Å². The highest BCUT2D eigenvalue weighted by atomic mass is 79.9. The molecule has 0 aromatic heterocycles. The molecule has 0 fully saturated rings. The highest BCUT2D eigenvalue weighted by Crippen LogP contribution is 2.25. The Labute approximate surface area is 94.7 Å². The lowest BCUT2D eigenvalue weighted by molar-refractivity contribution is -0.119. The minimum atomic E-state index is -0.539. The number of halogens is 1. The summed E-state index contributed by atoms with van der Waals surface area (Å²) in [6.07, 6.45) is 1.28. The second-order valence-electron chi connectivity index (χ2n) is 2.69. The standard InChI is InChI=1S/C9H9BrN2O3/c10-7-3-6(4-12-14)1-2-8(7)15-5-9(11)13/h1-4,14H,5H2,(H2,11,13)/b12-4-. The maximum absolute atomic E-state index is 10.5. The third-order valence-electron chi connectivity index (χ3n) is 1.53. The SMILES string of the molecule is NC(=O)COc1ccc(/C=N\O)cc1Br. The monoisotopic (exact) mass is 272 g/mol. The zero-order valence-electron chi connectivity index (χ0n) is 7.68. The molecule has 0 atom stereocenters. The van der Waals surface area contributed by atoms with Gasteiger partial charge in [0, 0.05) is 0 Å². The van der Waals surface area contributed by atoms with Crippen LogP contribution in [0, 0.1) is 0 Å². The van der Waals surface area contributed by atoms with E-state index in [-0.39, 0.29) is 6.61 Å². The molecular weight excluding hydrogens is 264 g/mol. The highest BCUT2D eigenvalue weighted by Gasteiger charge is 2.03. The Kier molecular flexibility index (Phi) is 4.11. The molecule has 0 radical (unpaired) electrons. The van der Waals surface area contributed by atoms with E-state index in [2.05, 4.69) is 21.1 Å². The fourth-order valence-corrected chi connectivity index (χ4v) is 1.44. The van der Waals surface area contributed by atoms with Crippen LogP contribution < -0.4 is 10.5 Å². The summed E-state index contributed by atoms with van der Waals surface area (Å²) in [5.74, 6) is -0.0354. The van der Waals surface area contributed by atoms with Crippen molar-refractivity contribution in [3.63, 3.8) is 0 Å². The molecule has 3 N–H and O–H groups in total. The third-order valence-corrected chi connectivity index (χ3v) is 2.15. The molecule has 15 heavy (non-hydrogen) atoms. The minimum absolute atomic E-state index is 0.175. The normalized spacial score (nSPS) is 10.5. The molecule has 1 rings (SSSR count). The molecule has 0 aliphatic rings. The van der Waals surface area contributed by atoms with Gasteiger partial charge in [0.2, 0.25) is 0 Å². The number of nitrogens with zero attached hydrogens (tertiary/aromatic N) is 1. The number of carbonyl (C=O) groups is 1. The summed E-state index contributed by atoms with van der Waals surface area (Å²) in [4.78, 5) is 10.5. The summed E-state index contributed by atoms with van der Waals surface area (Å²) in [6, 6.07) is 5.01. The first-order chi connectivity index (χ1) is 7.13. The van der Waals surface area contributed by atoms with Crippen LogP contribution in [0.3, 0.4) is 0 Å². The molecule has 6 heteroatoms. The highest BCUT2D eigenvalue weighted by molar-refractivity contribution is 9.10. The largest absolute Gasteiger partial charge is 0.483 e. The van der Waals surface area contributed by atoms with E-state index in [4.69, 9.17) is 15.7 Å². The molecule has 0 saturated heterocycles. The summed E-state index contributed by atoms with van der Waals surface area (Å²) in [6.45, 7) is -0.175. The van der Waals surface area contributed by atoms with Gasteiger partial charge in [-0.1, -0.05) is 5.16 Å². The Bertz CT molecular complexity index is 393. The molecule has 0 saturated carbocycles. The predicted octanol–water partition coefficient (Wildman–Crippen LogP) is 1.12. The van der Waals surface area contributed by atoms with Gasteiger partial charge in [-0.05, 0) is 39.7 Å². The number of rotatable bonds is 4. The first kappa shape index (κ1) is 11.5. The average Bonchev–Trinajstić information content (AvgIpc) is 2.17. The van der Waals surface area contributed by atoms with Gasteiger partial charge in [0.25, 0.3) is 5.91 Å². The Balaban J connectivity index is 2.78. The van der Waals surface area contributed by atoms with Crippen LogP contribution >= 0.6 is 15.9 Å². The lowest BCUT2D eigenvalue weighted by Gasteiger charge is -2.06. The first-order valence-corrected chi connectivity index (χ1v) is 4.81. The number of nitrogens with two attached hydrogens (primary N) is 1. The van der Waals surface area contributed by atoms with E-state index in [1.54, 1.807) is 18.2 Å². The van der Waals surface area contributed by atoms with E-state index >= 15 is 0 Å². The Morgan fingerprint density at radius 1 is 1.67 bits per heavy atom. The Hall–Kier alpha value is -1.56. The quantitative estimate of drug-likeness (QED) is 0.489. The number of hydrogen-bond acceptors (Lipinski definition) is 4. The fraction of sp³-hybridized carbons (Fsp3) is 0.111. The van der Waals surface area contributed by atoms with Gasteiger partial charge in [-0.3, -0.25) is 4.79 Å². The van der Waals surface area contributed by atoms with Gasteiger partial charge in [-0.25, -0.2) is 0 Å². The van der Waals surface area contributed by atoms with E-state index in [0.717, 1.165) is 0 Å². The molecule has 0 aliphatic carbocycles. The summed E-state index contributed by atoms with van der Waals surface area (Å²) in [7, 11) is 0. The lowest BCUT2D eigenvalue weighted by atomic mass is 10.2. The number of ether oxygens (including phenoxy) is 1. The van der Waals surface area contributed by atoms with Gasteiger partial charge < -0.3 is 15.7 Å². The van der Waals surface area contributed by atoms with E-state index in [1.807, 2.05) is 0 Å². The maximum Gasteiger partial charge on any atom is 0.255 e. The van der Waals surface area contributed by atoms with Gasteiger partial charge in [-0.15, -0.1) is 0 Å². The van der Waals surface area contributed by atoms with Crippen LogP contribution in [-0.2, 0) is 4.79 Å². The first-order valence-electron chi connectivity index (χ1n) is 4.01. The van der Waals surface area contributed by atoms with Crippen LogP contribution in [0.2, 0.25) is 0 Å². The molecule has 0 bridgehead atoms. The summed E-state index contributed by atoms with van der Waals surface area (Å²) >= 11 is 3.25. The van der Waals surface area contributed by atoms with Gasteiger partial charge >= 0.3 is 0 Å². The van der Waals surface area contributed by atoms with Crippen molar-refractivity contribution in [2.45, 2.75) is 0 Å². The molecular formula is C9H9BrN2O3. The Morgan fingerprint density at radius 2 is 2.40 bits per heavy atom. The van der Waals surface area contributed by atoms with Gasteiger partial charge in [0.15, 0.2) is 6.61 Å². The second-order valence-corrected chi connectivity index (χ2v) is 3.54.